The summed E-state index contributed by atoms with van der Waals surface area (Å²) in [6, 6.07) is 13.9. The predicted molar refractivity (Wildman–Crippen MR) is 106 cm³/mol. The third kappa shape index (κ3) is 4.36. The van der Waals surface area contributed by atoms with Gasteiger partial charge in [0.2, 0.25) is 0 Å². The molecule has 138 valence electrons. The molecule has 0 radical (unpaired) electrons. The summed E-state index contributed by atoms with van der Waals surface area (Å²) < 4.78 is 13.5. The second kappa shape index (κ2) is 8.74. The van der Waals surface area contributed by atoms with Crippen LogP contribution >= 0.6 is 12.4 Å². The molecule has 1 aromatic heterocycles. The van der Waals surface area contributed by atoms with Crippen LogP contribution in [-0.2, 0) is 13.7 Å². The van der Waals surface area contributed by atoms with Gasteiger partial charge in [0.25, 0.3) is 0 Å². The normalized spacial score (nSPS) is 11.5. The molecule has 0 aliphatic rings. The smallest absolute Gasteiger partial charge is 0.169 e. The molecular formula is C20H24ClN3O2. The number of ether oxygens (including phenoxy) is 2. The first kappa shape index (κ1) is 19.8. The molecule has 1 heterocycles. The van der Waals surface area contributed by atoms with Crippen LogP contribution in [0.15, 0.2) is 54.9 Å². The van der Waals surface area contributed by atoms with Gasteiger partial charge >= 0.3 is 0 Å². The Morgan fingerprint density at radius 2 is 1.92 bits per heavy atom. The number of halogens is 1. The van der Waals surface area contributed by atoms with E-state index in [-0.39, 0.29) is 18.4 Å². The minimum atomic E-state index is -0.104. The highest BCUT2D eigenvalue weighted by atomic mass is 35.5. The maximum absolute atomic E-state index is 6.14. The number of rotatable bonds is 6. The standard InChI is InChI=1S/C20H23N3O2.ClH/c1-14(21)16-9-18(17-11-22-23(2)12-17)20(19(10-16)24-3)25-13-15-7-5-4-6-8-15;/h4-12,14H,13,21H2,1-3H3;1H/t14-;/m1./s1. The lowest BCUT2D eigenvalue weighted by molar-refractivity contribution is 0.285. The van der Waals surface area contributed by atoms with Crippen molar-refractivity contribution >= 4 is 12.4 Å². The second-order valence-corrected chi connectivity index (χ2v) is 6.07. The Labute approximate surface area is 160 Å². The Hall–Kier alpha value is -2.50. The van der Waals surface area contributed by atoms with E-state index in [4.69, 9.17) is 15.2 Å². The summed E-state index contributed by atoms with van der Waals surface area (Å²) in [6.45, 7) is 2.41. The van der Waals surface area contributed by atoms with Crippen molar-refractivity contribution in [2.24, 2.45) is 12.8 Å². The summed E-state index contributed by atoms with van der Waals surface area (Å²) in [5.74, 6) is 1.37. The molecule has 0 unspecified atom stereocenters. The van der Waals surface area contributed by atoms with Crippen LogP contribution in [-0.4, -0.2) is 16.9 Å². The van der Waals surface area contributed by atoms with E-state index in [2.05, 4.69) is 5.10 Å². The van der Waals surface area contributed by atoms with E-state index < -0.39 is 0 Å². The van der Waals surface area contributed by atoms with Crippen LogP contribution in [0.1, 0.15) is 24.1 Å². The number of hydrogen-bond acceptors (Lipinski definition) is 4. The van der Waals surface area contributed by atoms with E-state index in [1.54, 1.807) is 11.8 Å². The largest absolute Gasteiger partial charge is 0.493 e. The fourth-order valence-corrected chi connectivity index (χ4v) is 2.69. The summed E-state index contributed by atoms with van der Waals surface area (Å²) in [5.41, 5.74) is 10.1. The molecule has 0 fully saturated rings. The Bertz CT molecular complexity index is 848. The first-order valence-electron chi connectivity index (χ1n) is 8.21. The SMILES string of the molecule is COc1cc([C@@H](C)N)cc(-c2cnn(C)c2)c1OCc1ccccc1.Cl. The van der Waals surface area contributed by atoms with E-state index in [1.165, 1.54) is 0 Å². The summed E-state index contributed by atoms with van der Waals surface area (Å²) in [4.78, 5) is 0. The molecule has 0 aliphatic carbocycles. The van der Waals surface area contributed by atoms with E-state index in [1.807, 2.05) is 68.8 Å². The van der Waals surface area contributed by atoms with Crippen molar-refractivity contribution < 1.29 is 9.47 Å². The minimum absolute atomic E-state index is 0. The molecule has 0 amide bonds. The fourth-order valence-electron chi connectivity index (χ4n) is 2.69. The number of nitrogens with zero attached hydrogens (tertiary/aromatic N) is 2. The van der Waals surface area contributed by atoms with Gasteiger partial charge in [-0.3, -0.25) is 4.68 Å². The van der Waals surface area contributed by atoms with E-state index in [0.29, 0.717) is 18.1 Å². The van der Waals surface area contributed by atoms with Gasteiger partial charge < -0.3 is 15.2 Å². The topological polar surface area (TPSA) is 62.3 Å². The Morgan fingerprint density at radius 1 is 1.19 bits per heavy atom. The number of aromatic nitrogens is 2. The van der Waals surface area contributed by atoms with Gasteiger partial charge in [0.1, 0.15) is 6.61 Å². The highest BCUT2D eigenvalue weighted by molar-refractivity contribution is 5.85. The quantitative estimate of drug-likeness (QED) is 0.706. The van der Waals surface area contributed by atoms with Gasteiger partial charge in [0, 0.05) is 30.4 Å². The Balaban J connectivity index is 0.00000243. The van der Waals surface area contributed by atoms with Crippen LogP contribution in [0.5, 0.6) is 11.5 Å². The predicted octanol–water partition coefficient (Wildman–Crippen LogP) is 4.12. The van der Waals surface area contributed by atoms with Gasteiger partial charge in [-0.1, -0.05) is 30.3 Å². The van der Waals surface area contributed by atoms with Crippen LogP contribution in [0.3, 0.4) is 0 Å². The number of benzene rings is 2. The molecule has 5 nitrogen and oxygen atoms in total. The molecule has 0 saturated heterocycles. The third-order valence-corrected chi connectivity index (χ3v) is 4.06. The number of nitrogens with two attached hydrogens (primary N) is 1. The summed E-state index contributed by atoms with van der Waals surface area (Å²) in [7, 11) is 3.53. The van der Waals surface area contributed by atoms with Crippen molar-refractivity contribution in [1.29, 1.82) is 0 Å². The van der Waals surface area contributed by atoms with Crippen molar-refractivity contribution in [3.05, 3.63) is 66.0 Å². The Kier molecular flexibility index (Phi) is 6.66. The molecule has 1 atom stereocenters. The van der Waals surface area contributed by atoms with E-state index in [9.17, 15) is 0 Å². The first-order valence-corrected chi connectivity index (χ1v) is 8.21. The van der Waals surface area contributed by atoms with Gasteiger partial charge in [0.15, 0.2) is 11.5 Å². The fraction of sp³-hybridized carbons (Fsp3) is 0.250. The number of methoxy groups -OCH3 is 1. The van der Waals surface area contributed by atoms with E-state index >= 15 is 0 Å². The average molecular weight is 374 g/mol. The molecule has 26 heavy (non-hydrogen) atoms. The molecule has 0 aliphatic heterocycles. The van der Waals surface area contributed by atoms with Crippen molar-refractivity contribution in [3.8, 4) is 22.6 Å². The highest BCUT2D eigenvalue weighted by Gasteiger charge is 2.17. The number of hydrogen-bond donors (Lipinski definition) is 1. The lowest BCUT2D eigenvalue weighted by atomic mass is 10.0. The van der Waals surface area contributed by atoms with Gasteiger partial charge in [-0.15, -0.1) is 12.4 Å². The third-order valence-electron chi connectivity index (χ3n) is 4.06. The molecular weight excluding hydrogens is 350 g/mol. The van der Waals surface area contributed by atoms with Crippen LogP contribution < -0.4 is 15.2 Å². The van der Waals surface area contributed by atoms with Gasteiger partial charge in [-0.05, 0) is 30.2 Å². The Morgan fingerprint density at radius 3 is 2.50 bits per heavy atom. The summed E-state index contributed by atoms with van der Waals surface area (Å²) in [6.07, 6.45) is 3.77. The molecule has 3 aromatic rings. The number of aryl methyl sites for hydroxylation is 1. The van der Waals surface area contributed by atoms with Gasteiger partial charge in [0.05, 0.1) is 13.3 Å². The van der Waals surface area contributed by atoms with Crippen LogP contribution in [0.25, 0.3) is 11.1 Å². The maximum atomic E-state index is 6.14. The van der Waals surface area contributed by atoms with Gasteiger partial charge in [-0.2, -0.15) is 5.10 Å². The van der Waals surface area contributed by atoms with Crippen molar-refractivity contribution in [3.63, 3.8) is 0 Å². The minimum Gasteiger partial charge on any atom is -0.493 e. The zero-order chi connectivity index (χ0) is 17.8. The van der Waals surface area contributed by atoms with Crippen LogP contribution in [0.4, 0.5) is 0 Å². The molecule has 2 aromatic carbocycles. The zero-order valence-corrected chi connectivity index (χ0v) is 16.0. The summed E-state index contributed by atoms with van der Waals surface area (Å²) >= 11 is 0. The highest BCUT2D eigenvalue weighted by Crippen LogP contribution is 2.40. The van der Waals surface area contributed by atoms with Crippen molar-refractivity contribution in [2.45, 2.75) is 19.6 Å². The van der Waals surface area contributed by atoms with Crippen LogP contribution in [0, 0.1) is 0 Å². The zero-order valence-electron chi connectivity index (χ0n) is 15.2. The average Bonchev–Trinajstić information content (AvgIpc) is 3.06. The van der Waals surface area contributed by atoms with Crippen LogP contribution in [0.2, 0.25) is 0 Å². The van der Waals surface area contributed by atoms with Crippen molar-refractivity contribution in [1.82, 2.24) is 9.78 Å². The monoisotopic (exact) mass is 373 g/mol. The molecule has 2 N–H and O–H groups in total. The van der Waals surface area contributed by atoms with E-state index in [0.717, 1.165) is 22.3 Å². The lowest BCUT2D eigenvalue weighted by Gasteiger charge is -2.18. The molecule has 3 rings (SSSR count). The molecule has 0 bridgehead atoms. The van der Waals surface area contributed by atoms with Crippen molar-refractivity contribution in [2.75, 3.05) is 7.11 Å². The molecule has 0 saturated carbocycles. The first-order chi connectivity index (χ1) is 12.1. The second-order valence-electron chi connectivity index (χ2n) is 6.07. The molecule has 0 spiro atoms. The molecule has 6 heteroatoms. The maximum Gasteiger partial charge on any atom is 0.169 e. The van der Waals surface area contributed by atoms with Gasteiger partial charge in [-0.25, -0.2) is 0 Å². The summed E-state index contributed by atoms with van der Waals surface area (Å²) in [5, 5.41) is 4.27. The lowest BCUT2D eigenvalue weighted by Crippen LogP contribution is -2.07.